The van der Waals surface area contributed by atoms with Crippen molar-refractivity contribution in [3.8, 4) is 5.75 Å². The molecule has 0 aliphatic heterocycles. The van der Waals surface area contributed by atoms with Crippen molar-refractivity contribution in [3.63, 3.8) is 0 Å². The summed E-state index contributed by atoms with van der Waals surface area (Å²) in [4.78, 5) is 24.2. The second-order valence-electron chi connectivity index (χ2n) is 5.81. The van der Waals surface area contributed by atoms with E-state index in [0.29, 0.717) is 24.5 Å². The number of aromatic amines is 1. The van der Waals surface area contributed by atoms with Gasteiger partial charge in [-0.2, -0.15) is 5.10 Å². The van der Waals surface area contributed by atoms with Crippen LogP contribution in [0.2, 0.25) is 0 Å². The molecule has 1 unspecified atom stereocenters. The van der Waals surface area contributed by atoms with Crippen LogP contribution in [0.25, 0.3) is 0 Å². The highest BCUT2D eigenvalue weighted by molar-refractivity contribution is 6.03. The Bertz CT molecular complexity index is 769. The molecule has 7 heteroatoms. The van der Waals surface area contributed by atoms with Crippen LogP contribution < -0.4 is 15.8 Å². The standard InChI is InChI=1S/C17H20N4O3/c1-2-24-12-4-6-15(13(8-12)16(18)22)20-17(23)10-3-5-14-11(7-10)9-19-21-14/h4,6,8-10H,2-3,5,7H2,1H3,(H2,18,22)(H,19,21)(H,20,23). The number of primary amides is 1. The molecule has 24 heavy (non-hydrogen) atoms. The van der Waals surface area contributed by atoms with E-state index in [1.54, 1.807) is 24.4 Å². The Morgan fingerprint density at radius 2 is 2.29 bits per heavy atom. The van der Waals surface area contributed by atoms with Gasteiger partial charge in [0.05, 0.1) is 24.1 Å². The molecule has 0 radical (unpaired) electrons. The van der Waals surface area contributed by atoms with Crippen LogP contribution in [0, 0.1) is 5.92 Å². The van der Waals surface area contributed by atoms with Gasteiger partial charge in [-0.25, -0.2) is 0 Å². The molecule has 0 saturated heterocycles. The van der Waals surface area contributed by atoms with E-state index in [0.717, 1.165) is 24.1 Å². The Kier molecular flexibility index (Phi) is 4.50. The number of H-pyrrole nitrogens is 1. The van der Waals surface area contributed by atoms with E-state index in [4.69, 9.17) is 10.5 Å². The summed E-state index contributed by atoms with van der Waals surface area (Å²) in [5.74, 6) is -0.325. The number of nitrogens with two attached hydrogens (primary N) is 1. The van der Waals surface area contributed by atoms with Gasteiger partial charge in [-0.3, -0.25) is 14.7 Å². The molecule has 0 saturated carbocycles. The van der Waals surface area contributed by atoms with Gasteiger partial charge in [-0.1, -0.05) is 0 Å². The van der Waals surface area contributed by atoms with Gasteiger partial charge in [0.1, 0.15) is 5.75 Å². The summed E-state index contributed by atoms with van der Waals surface area (Å²) >= 11 is 0. The zero-order valence-electron chi connectivity index (χ0n) is 13.5. The highest BCUT2D eigenvalue weighted by Crippen LogP contribution is 2.27. The molecule has 7 nitrogen and oxygen atoms in total. The number of aromatic nitrogens is 2. The topological polar surface area (TPSA) is 110 Å². The van der Waals surface area contributed by atoms with Crippen molar-refractivity contribution in [3.05, 3.63) is 41.2 Å². The van der Waals surface area contributed by atoms with E-state index < -0.39 is 5.91 Å². The highest BCUT2D eigenvalue weighted by Gasteiger charge is 2.26. The van der Waals surface area contributed by atoms with E-state index in [1.807, 2.05) is 6.92 Å². The minimum atomic E-state index is -0.604. The van der Waals surface area contributed by atoms with Crippen LogP contribution in [-0.2, 0) is 17.6 Å². The van der Waals surface area contributed by atoms with Crippen molar-refractivity contribution < 1.29 is 14.3 Å². The molecule has 2 amide bonds. The van der Waals surface area contributed by atoms with E-state index in [9.17, 15) is 9.59 Å². The average Bonchev–Trinajstić information content (AvgIpc) is 3.03. The van der Waals surface area contributed by atoms with E-state index in [1.165, 1.54) is 0 Å². The third-order valence-corrected chi connectivity index (χ3v) is 4.21. The van der Waals surface area contributed by atoms with E-state index in [2.05, 4.69) is 15.5 Å². The van der Waals surface area contributed by atoms with Gasteiger partial charge in [0.15, 0.2) is 0 Å². The van der Waals surface area contributed by atoms with Gasteiger partial charge in [0.2, 0.25) is 5.91 Å². The number of carbonyl (C=O) groups is 2. The van der Waals surface area contributed by atoms with Crippen LogP contribution in [0.5, 0.6) is 5.75 Å². The number of nitrogens with zero attached hydrogens (tertiary/aromatic N) is 1. The number of amides is 2. The van der Waals surface area contributed by atoms with Gasteiger partial charge < -0.3 is 15.8 Å². The van der Waals surface area contributed by atoms with E-state index >= 15 is 0 Å². The van der Waals surface area contributed by atoms with Crippen molar-refractivity contribution in [1.29, 1.82) is 0 Å². The number of fused-ring (bicyclic) bond motifs is 1. The molecule has 126 valence electrons. The zero-order valence-corrected chi connectivity index (χ0v) is 13.5. The number of carbonyl (C=O) groups excluding carboxylic acids is 2. The molecule has 1 aliphatic rings. The molecule has 1 aromatic heterocycles. The summed E-state index contributed by atoms with van der Waals surface area (Å²) < 4.78 is 5.37. The van der Waals surface area contributed by atoms with Crippen molar-refractivity contribution in [1.82, 2.24) is 10.2 Å². The number of anilines is 1. The molecule has 3 rings (SSSR count). The molecule has 1 aliphatic carbocycles. The number of hydrogen-bond donors (Lipinski definition) is 3. The van der Waals surface area contributed by atoms with Crippen molar-refractivity contribution in [2.24, 2.45) is 11.7 Å². The van der Waals surface area contributed by atoms with Gasteiger partial charge in [0.25, 0.3) is 5.91 Å². The second-order valence-corrected chi connectivity index (χ2v) is 5.81. The maximum absolute atomic E-state index is 12.6. The summed E-state index contributed by atoms with van der Waals surface area (Å²) in [5.41, 5.74) is 8.25. The fraction of sp³-hybridized carbons (Fsp3) is 0.353. The Labute approximate surface area is 139 Å². The summed E-state index contributed by atoms with van der Waals surface area (Å²) in [7, 11) is 0. The van der Waals surface area contributed by atoms with Crippen molar-refractivity contribution in [2.75, 3.05) is 11.9 Å². The normalized spacial score (nSPS) is 16.3. The fourth-order valence-corrected chi connectivity index (χ4v) is 2.97. The third-order valence-electron chi connectivity index (χ3n) is 4.21. The third kappa shape index (κ3) is 3.24. The monoisotopic (exact) mass is 328 g/mol. The lowest BCUT2D eigenvalue weighted by Gasteiger charge is -2.21. The number of hydrogen-bond acceptors (Lipinski definition) is 4. The largest absolute Gasteiger partial charge is 0.494 e. The first-order valence-electron chi connectivity index (χ1n) is 7.97. The summed E-state index contributed by atoms with van der Waals surface area (Å²) in [6.07, 6.45) is 3.93. The first-order chi connectivity index (χ1) is 11.6. The number of ether oxygens (including phenoxy) is 1. The van der Waals surface area contributed by atoms with Gasteiger partial charge in [-0.05, 0) is 49.9 Å². The first-order valence-corrected chi connectivity index (χ1v) is 7.97. The zero-order chi connectivity index (χ0) is 17.1. The smallest absolute Gasteiger partial charge is 0.250 e. The Hall–Kier alpha value is -2.83. The molecule has 1 aromatic carbocycles. The minimum Gasteiger partial charge on any atom is -0.494 e. The summed E-state index contributed by atoms with van der Waals surface area (Å²) in [5, 5.41) is 9.79. The first kappa shape index (κ1) is 16.0. The SMILES string of the molecule is CCOc1ccc(NC(=O)C2CCc3[nH]ncc3C2)c(C(N)=O)c1. The molecule has 1 atom stereocenters. The predicted molar refractivity (Wildman–Crippen MR) is 88.9 cm³/mol. The molecule has 0 spiro atoms. The molecule has 4 N–H and O–H groups in total. The van der Waals surface area contributed by atoms with Crippen LogP contribution >= 0.6 is 0 Å². The quantitative estimate of drug-likeness (QED) is 0.775. The van der Waals surface area contributed by atoms with E-state index in [-0.39, 0.29) is 17.4 Å². The van der Waals surface area contributed by atoms with Crippen LogP contribution in [0.15, 0.2) is 24.4 Å². The van der Waals surface area contributed by atoms with Crippen molar-refractivity contribution >= 4 is 17.5 Å². The average molecular weight is 328 g/mol. The van der Waals surface area contributed by atoms with Gasteiger partial charge in [0, 0.05) is 11.6 Å². The van der Waals surface area contributed by atoms with Gasteiger partial charge in [-0.15, -0.1) is 0 Å². The Morgan fingerprint density at radius 3 is 3.04 bits per heavy atom. The molecular formula is C17H20N4O3. The molecule has 0 fully saturated rings. The van der Waals surface area contributed by atoms with Crippen LogP contribution in [-0.4, -0.2) is 28.6 Å². The molecule has 2 aromatic rings. The highest BCUT2D eigenvalue weighted by atomic mass is 16.5. The van der Waals surface area contributed by atoms with Crippen molar-refractivity contribution in [2.45, 2.75) is 26.2 Å². The van der Waals surface area contributed by atoms with Gasteiger partial charge >= 0.3 is 0 Å². The number of benzene rings is 1. The number of nitrogens with one attached hydrogen (secondary N) is 2. The summed E-state index contributed by atoms with van der Waals surface area (Å²) in [6.45, 7) is 2.34. The second kappa shape index (κ2) is 6.74. The number of aryl methyl sites for hydroxylation is 1. The van der Waals surface area contributed by atoms with Crippen LogP contribution in [0.1, 0.15) is 35.0 Å². The lowest BCUT2D eigenvalue weighted by atomic mass is 9.87. The molecular weight excluding hydrogens is 308 g/mol. The maximum Gasteiger partial charge on any atom is 0.250 e. The molecule has 1 heterocycles. The fourth-order valence-electron chi connectivity index (χ4n) is 2.97. The van der Waals surface area contributed by atoms with Crippen LogP contribution in [0.3, 0.4) is 0 Å². The summed E-state index contributed by atoms with van der Waals surface area (Å²) in [6, 6.07) is 4.91. The molecule has 0 bridgehead atoms. The predicted octanol–water partition coefficient (Wildman–Crippen LogP) is 1.65. The van der Waals surface area contributed by atoms with Crippen LogP contribution in [0.4, 0.5) is 5.69 Å². The Morgan fingerprint density at radius 1 is 1.46 bits per heavy atom. The maximum atomic E-state index is 12.6. The lowest BCUT2D eigenvalue weighted by Crippen LogP contribution is -2.29. The number of rotatable bonds is 5. The Balaban J connectivity index is 1.76. The minimum absolute atomic E-state index is 0.117. The lowest BCUT2D eigenvalue weighted by molar-refractivity contribution is -0.120.